The van der Waals surface area contributed by atoms with E-state index in [1.165, 1.54) is 5.39 Å². The van der Waals surface area contributed by atoms with Crippen molar-refractivity contribution in [1.82, 2.24) is 4.98 Å². The summed E-state index contributed by atoms with van der Waals surface area (Å²) in [6.45, 7) is 2.10. The van der Waals surface area contributed by atoms with Crippen molar-refractivity contribution in [2.24, 2.45) is 0 Å². The van der Waals surface area contributed by atoms with E-state index in [0.717, 1.165) is 16.8 Å². The lowest BCUT2D eigenvalue weighted by molar-refractivity contribution is 0.885. The van der Waals surface area contributed by atoms with Crippen LogP contribution in [0.5, 0.6) is 0 Å². The molecule has 0 saturated heterocycles. The van der Waals surface area contributed by atoms with Gasteiger partial charge in [0.25, 0.3) is 0 Å². The van der Waals surface area contributed by atoms with Gasteiger partial charge in [-0.1, -0.05) is 29.3 Å². The number of benzene rings is 2. The zero-order valence-electron chi connectivity index (χ0n) is 11.0. The molecule has 2 nitrogen and oxygen atoms in total. The van der Waals surface area contributed by atoms with Crippen molar-refractivity contribution in [1.29, 1.82) is 0 Å². The van der Waals surface area contributed by atoms with Crippen LogP contribution in [0.25, 0.3) is 10.9 Å². The predicted molar refractivity (Wildman–Crippen MR) is 86.8 cm³/mol. The maximum absolute atomic E-state index is 6.06. The summed E-state index contributed by atoms with van der Waals surface area (Å²) >= 11 is 12.0. The molecule has 1 atom stereocenters. The molecule has 4 heteroatoms. The highest BCUT2D eigenvalue weighted by atomic mass is 35.5. The van der Waals surface area contributed by atoms with E-state index in [2.05, 4.69) is 41.5 Å². The zero-order valence-corrected chi connectivity index (χ0v) is 12.5. The Bertz CT molecular complexity index is 749. The second-order valence-electron chi connectivity index (χ2n) is 4.82. The van der Waals surface area contributed by atoms with Gasteiger partial charge in [0, 0.05) is 28.8 Å². The molecule has 2 N–H and O–H groups in total. The molecular weight excluding hydrogens is 291 g/mol. The Morgan fingerprint density at radius 3 is 2.65 bits per heavy atom. The Hall–Kier alpha value is -1.64. The first-order valence-electron chi connectivity index (χ1n) is 6.42. The van der Waals surface area contributed by atoms with Crippen LogP contribution in [0.15, 0.2) is 48.7 Å². The van der Waals surface area contributed by atoms with Gasteiger partial charge in [-0.05, 0) is 48.9 Å². The van der Waals surface area contributed by atoms with Gasteiger partial charge in [-0.15, -0.1) is 0 Å². The van der Waals surface area contributed by atoms with Crippen LogP contribution in [0.3, 0.4) is 0 Å². The number of halogens is 2. The highest BCUT2D eigenvalue weighted by Crippen LogP contribution is 2.28. The minimum Gasteiger partial charge on any atom is -0.379 e. The maximum atomic E-state index is 6.06. The molecule has 2 aromatic carbocycles. The van der Waals surface area contributed by atoms with Crippen molar-refractivity contribution in [3.8, 4) is 0 Å². The molecule has 20 heavy (non-hydrogen) atoms. The normalized spacial score (nSPS) is 12.6. The SMILES string of the molecule is CC(Nc1ccc2[nH]ccc2c1)c1ccc(Cl)c(Cl)c1. The number of aromatic nitrogens is 1. The van der Waals surface area contributed by atoms with Crippen molar-refractivity contribution in [2.45, 2.75) is 13.0 Å². The number of H-pyrrole nitrogens is 1. The van der Waals surface area contributed by atoms with Crippen LogP contribution in [0.2, 0.25) is 10.0 Å². The summed E-state index contributed by atoms with van der Waals surface area (Å²) in [4.78, 5) is 3.19. The average molecular weight is 305 g/mol. The molecule has 0 bridgehead atoms. The van der Waals surface area contributed by atoms with Gasteiger partial charge in [0.15, 0.2) is 0 Å². The minimum atomic E-state index is 0.154. The van der Waals surface area contributed by atoms with Crippen LogP contribution in [-0.2, 0) is 0 Å². The molecule has 0 saturated carbocycles. The zero-order chi connectivity index (χ0) is 14.1. The van der Waals surface area contributed by atoms with Gasteiger partial charge in [-0.25, -0.2) is 0 Å². The van der Waals surface area contributed by atoms with E-state index in [9.17, 15) is 0 Å². The van der Waals surface area contributed by atoms with Gasteiger partial charge in [-0.3, -0.25) is 0 Å². The molecule has 3 aromatic rings. The van der Waals surface area contributed by atoms with Crippen molar-refractivity contribution in [3.63, 3.8) is 0 Å². The van der Waals surface area contributed by atoms with Gasteiger partial charge >= 0.3 is 0 Å². The lowest BCUT2D eigenvalue weighted by atomic mass is 10.1. The number of rotatable bonds is 3. The highest BCUT2D eigenvalue weighted by Gasteiger charge is 2.08. The van der Waals surface area contributed by atoms with E-state index in [1.807, 2.05) is 24.4 Å². The van der Waals surface area contributed by atoms with Crippen molar-refractivity contribution < 1.29 is 0 Å². The number of hydrogen-bond acceptors (Lipinski definition) is 1. The highest BCUT2D eigenvalue weighted by molar-refractivity contribution is 6.42. The Kier molecular flexibility index (Phi) is 3.60. The summed E-state index contributed by atoms with van der Waals surface area (Å²) in [5.74, 6) is 0. The first-order valence-corrected chi connectivity index (χ1v) is 7.18. The Balaban J connectivity index is 1.83. The molecule has 1 heterocycles. The van der Waals surface area contributed by atoms with Crippen LogP contribution < -0.4 is 5.32 Å². The topological polar surface area (TPSA) is 27.8 Å². The van der Waals surface area contributed by atoms with Gasteiger partial charge in [0.05, 0.1) is 10.0 Å². The van der Waals surface area contributed by atoms with Crippen molar-refractivity contribution in [2.75, 3.05) is 5.32 Å². The van der Waals surface area contributed by atoms with Gasteiger partial charge in [0.1, 0.15) is 0 Å². The first-order chi connectivity index (χ1) is 9.63. The fourth-order valence-electron chi connectivity index (χ4n) is 2.26. The van der Waals surface area contributed by atoms with Crippen molar-refractivity contribution in [3.05, 3.63) is 64.3 Å². The fraction of sp³-hybridized carbons (Fsp3) is 0.125. The van der Waals surface area contributed by atoms with Crippen LogP contribution in [-0.4, -0.2) is 4.98 Å². The molecular formula is C16H14Cl2N2. The van der Waals surface area contributed by atoms with E-state index in [1.54, 1.807) is 0 Å². The Morgan fingerprint density at radius 2 is 1.85 bits per heavy atom. The molecule has 3 rings (SSSR count). The van der Waals surface area contributed by atoms with Crippen LogP contribution >= 0.6 is 23.2 Å². The monoisotopic (exact) mass is 304 g/mol. The number of anilines is 1. The quantitative estimate of drug-likeness (QED) is 0.643. The molecule has 0 aliphatic carbocycles. The molecule has 0 aliphatic rings. The summed E-state index contributed by atoms with van der Waals surface area (Å²) in [5, 5.41) is 5.82. The molecule has 0 spiro atoms. The predicted octanol–water partition coefficient (Wildman–Crippen LogP) is 5.65. The third kappa shape index (κ3) is 2.62. The van der Waals surface area contributed by atoms with Crippen LogP contribution in [0, 0.1) is 0 Å². The molecule has 0 fully saturated rings. The second kappa shape index (κ2) is 5.39. The Morgan fingerprint density at radius 1 is 1.00 bits per heavy atom. The minimum absolute atomic E-state index is 0.154. The second-order valence-corrected chi connectivity index (χ2v) is 5.63. The number of nitrogens with one attached hydrogen (secondary N) is 2. The third-order valence-corrected chi connectivity index (χ3v) is 4.12. The third-order valence-electron chi connectivity index (χ3n) is 3.38. The summed E-state index contributed by atoms with van der Waals surface area (Å²) < 4.78 is 0. The fourth-order valence-corrected chi connectivity index (χ4v) is 2.56. The smallest absolute Gasteiger partial charge is 0.0595 e. The van der Waals surface area contributed by atoms with Gasteiger partial charge in [-0.2, -0.15) is 0 Å². The summed E-state index contributed by atoms with van der Waals surface area (Å²) in [7, 11) is 0. The van der Waals surface area contributed by atoms with Gasteiger partial charge < -0.3 is 10.3 Å². The molecule has 1 unspecified atom stereocenters. The van der Waals surface area contributed by atoms with E-state index in [4.69, 9.17) is 23.2 Å². The van der Waals surface area contributed by atoms with Crippen LogP contribution in [0.4, 0.5) is 5.69 Å². The molecule has 0 aliphatic heterocycles. The number of fused-ring (bicyclic) bond motifs is 1. The number of hydrogen-bond donors (Lipinski definition) is 2. The standard InChI is InChI=1S/C16H14Cl2N2/c1-10(11-2-4-14(17)15(18)9-11)20-13-3-5-16-12(8-13)6-7-19-16/h2-10,19-20H,1H3. The van der Waals surface area contributed by atoms with E-state index in [-0.39, 0.29) is 6.04 Å². The summed E-state index contributed by atoms with van der Waals surface area (Å²) in [6.07, 6.45) is 1.94. The number of aromatic amines is 1. The average Bonchev–Trinajstić information content (AvgIpc) is 2.89. The van der Waals surface area contributed by atoms with E-state index >= 15 is 0 Å². The largest absolute Gasteiger partial charge is 0.379 e. The lowest BCUT2D eigenvalue weighted by Gasteiger charge is -2.16. The molecule has 0 radical (unpaired) electrons. The maximum Gasteiger partial charge on any atom is 0.0595 e. The van der Waals surface area contributed by atoms with E-state index in [0.29, 0.717) is 10.0 Å². The summed E-state index contributed by atoms with van der Waals surface area (Å²) in [5.41, 5.74) is 3.32. The molecule has 0 amide bonds. The van der Waals surface area contributed by atoms with Crippen molar-refractivity contribution >= 4 is 39.8 Å². The van der Waals surface area contributed by atoms with E-state index < -0.39 is 0 Å². The molecule has 1 aromatic heterocycles. The summed E-state index contributed by atoms with van der Waals surface area (Å²) in [6, 6.07) is 14.2. The Labute approximate surface area is 127 Å². The lowest BCUT2D eigenvalue weighted by Crippen LogP contribution is -2.06. The first kappa shape index (κ1) is 13.3. The van der Waals surface area contributed by atoms with Gasteiger partial charge in [0.2, 0.25) is 0 Å². The van der Waals surface area contributed by atoms with Crippen LogP contribution in [0.1, 0.15) is 18.5 Å². The molecule has 102 valence electrons.